The van der Waals surface area contributed by atoms with Crippen LogP contribution in [0.15, 0.2) is 48.5 Å². The Morgan fingerprint density at radius 1 is 1.05 bits per heavy atom. The summed E-state index contributed by atoms with van der Waals surface area (Å²) >= 11 is 3.56. The molecule has 0 fully saturated rings. The van der Waals surface area contributed by atoms with E-state index in [4.69, 9.17) is 0 Å². The Hall–Kier alpha value is -1.42. The lowest BCUT2D eigenvalue weighted by Crippen LogP contribution is -2.05. The Kier molecular flexibility index (Phi) is 5.12. The van der Waals surface area contributed by atoms with Crippen molar-refractivity contribution in [1.82, 2.24) is 0 Å². The minimum atomic E-state index is -2.82. The van der Waals surface area contributed by atoms with Crippen molar-refractivity contribution in [3.05, 3.63) is 65.2 Å². The predicted octanol–water partition coefficient (Wildman–Crippen LogP) is 5.33. The zero-order chi connectivity index (χ0) is 14.5. The van der Waals surface area contributed by atoms with Crippen molar-refractivity contribution < 1.29 is 13.5 Å². The van der Waals surface area contributed by atoms with Crippen LogP contribution in [-0.4, -0.2) is 6.61 Å². The summed E-state index contributed by atoms with van der Waals surface area (Å²) in [5.74, 6) is 0.198. The molecule has 0 heterocycles. The molecule has 0 spiro atoms. The van der Waals surface area contributed by atoms with Gasteiger partial charge in [0.05, 0.1) is 4.83 Å². The Morgan fingerprint density at radius 3 is 2.30 bits per heavy atom. The van der Waals surface area contributed by atoms with Crippen LogP contribution in [-0.2, 0) is 6.42 Å². The van der Waals surface area contributed by atoms with Crippen LogP contribution in [0.1, 0.15) is 28.4 Å². The lowest BCUT2D eigenvalue weighted by molar-refractivity contribution is -0.0503. The smallest absolute Gasteiger partial charge is 0.387 e. The summed E-state index contributed by atoms with van der Waals surface area (Å²) in [4.78, 5) is -0.177. The highest BCUT2D eigenvalue weighted by Crippen LogP contribution is 2.37. The monoisotopic (exact) mass is 340 g/mol. The molecule has 0 saturated carbocycles. The van der Waals surface area contributed by atoms with Crippen LogP contribution in [0.5, 0.6) is 5.75 Å². The average Bonchev–Trinajstić information content (AvgIpc) is 2.46. The molecule has 0 amide bonds. The van der Waals surface area contributed by atoms with Gasteiger partial charge < -0.3 is 4.74 Å². The molecule has 2 aromatic rings. The van der Waals surface area contributed by atoms with Crippen molar-refractivity contribution in [2.24, 2.45) is 0 Å². The van der Waals surface area contributed by atoms with E-state index in [-0.39, 0.29) is 10.6 Å². The van der Waals surface area contributed by atoms with E-state index in [2.05, 4.69) is 27.6 Å². The third-order valence-electron chi connectivity index (χ3n) is 3.09. The van der Waals surface area contributed by atoms with E-state index in [0.29, 0.717) is 5.56 Å². The lowest BCUT2D eigenvalue weighted by atomic mass is 10.0. The van der Waals surface area contributed by atoms with Gasteiger partial charge in [0.2, 0.25) is 0 Å². The molecule has 106 valence electrons. The van der Waals surface area contributed by atoms with Gasteiger partial charge in [0.15, 0.2) is 0 Å². The summed E-state index contributed by atoms with van der Waals surface area (Å²) in [5, 5.41) is 0. The molecule has 20 heavy (non-hydrogen) atoms. The molecule has 0 aromatic heterocycles. The Balaban J connectivity index is 2.29. The number of alkyl halides is 3. The van der Waals surface area contributed by atoms with E-state index in [0.717, 1.165) is 12.0 Å². The second-order valence-corrected chi connectivity index (χ2v) is 5.29. The van der Waals surface area contributed by atoms with Crippen LogP contribution in [0.3, 0.4) is 0 Å². The molecule has 0 aliphatic rings. The maximum absolute atomic E-state index is 12.4. The molecule has 1 atom stereocenters. The standard InChI is InChI=1S/C16H15BrF2O/c1-2-11-7-9-12(10-8-11)15(17)13-5-3-4-6-14(13)20-16(18)19/h3-10,15-16H,2H2,1H3. The fraction of sp³-hybridized carbons (Fsp3) is 0.250. The van der Waals surface area contributed by atoms with Crippen molar-refractivity contribution in [1.29, 1.82) is 0 Å². The summed E-state index contributed by atoms with van der Waals surface area (Å²) in [7, 11) is 0. The maximum Gasteiger partial charge on any atom is 0.387 e. The van der Waals surface area contributed by atoms with Gasteiger partial charge >= 0.3 is 6.61 Å². The SMILES string of the molecule is CCc1ccc(C(Br)c2ccccc2OC(F)F)cc1. The normalized spacial score (nSPS) is 12.4. The number of halogens is 3. The largest absolute Gasteiger partial charge is 0.434 e. The lowest BCUT2D eigenvalue weighted by Gasteiger charge is -2.16. The maximum atomic E-state index is 12.4. The van der Waals surface area contributed by atoms with Gasteiger partial charge in [-0.25, -0.2) is 0 Å². The summed E-state index contributed by atoms with van der Waals surface area (Å²) in [6.45, 7) is -0.731. The van der Waals surface area contributed by atoms with Gasteiger partial charge in [0, 0.05) is 5.56 Å². The molecule has 0 aliphatic heterocycles. The molecule has 0 N–H and O–H groups in total. The van der Waals surface area contributed by atoms with Crippen molar-refractivity contribution in [2.45, 2.75) is 24.8 Å². The summed E-state index contributed by atoms with van der Waals surface area (Å²) in [5.41, 5.74) is 2.94. The van der Waals surface area contributed by atoms with E-state index < -0.39 is 6.61 Å². The van der Waals surface area contributed by atoms with Crippen LogP contribution >= 0.6 is 15.9 Å². The highest BCUT2D eigenvalue weighted by molar-refractivity contribution is 9.09. The first kappa shape index (κ1) is 15.0. The van der Waals surface area contributed by atoms with Gasteiger partial charge in [0.1, 0.15) is 5.75 Å². The fourth-order valence-electron chi connectivity index (χ4n) is 2.00. The van der Waals surface area contributed by atoms with Gasteiger partial charge in [-0.15, -0.1) is 0 Å². The minimum Gasteiger partial charge on any atom is -0.434 e. The van der Waals surface area contributed by atoms with E-state index in [1.165, 1.54) is 5.56 Å². The van der Waals surface area contributed by atoms with Gasteiger partial charge in [-0.3, -0.25) is 0 Å². The number of hydrogen-bond acceptors (Lipinski definition) is 1. The second kappa shape index (κ2) is 6.84. The van der Waals surface area contributed by atoms with Crippen molar-refractivity contribution >= 4 is 15.9 Å². The zero-order valence-electron chi connectivity index (χ0n) is 11.0. The van der Waals surface area contributed by atoms with Gasteiger partial charge in [-0.2, -0.15) is 8.78 Å². The number of aryl methyl sites for hydroxylation is 1. The Morgan fingerprint density at radius 2 is 1.70 bits per heavy atom. The quantitative estimate of drug-likeness (QED) is 0.668. The highest BCUT2D eigenvalue weighted by Gasteiger charge is 2.17. The van der Waals surface area contributed by atoms with E-state index in [1.54, 1.807) is 18.2 Å². The molecule has 0 radical (unpaired) electrons. The van der Waals surface area contributed by atoms with Crippen LogP contribution in [0.2, 0.25) is 0 Å². The van der Waals surface area contributed by atoms with Crippen molar-refractivity contribution in [2.75, 3.05) is 0 Å². The molecule has 1 nitrogen and oxygen atoms in total. The molecular formula is C16H15BrF2O. The predicted molar refractivity (Wildman–Crippen MR) is 79.7 cm³/mol. The minimum absolute atomic E-state index is 0.177. The van der Waals surface area contributed by atoms with Gasteiger partial charge in [-0.05, 0) is 23.6 Å². The molecule has 1 unspecified atom stereocenters. The fourth-order valence-corrected chi connectivity index (χ4v) is 2.68. The van der Waals surface area contributed by atoms with E-state index >= 15 is 0 Å². The number of para-hydroxylation sites is 1. The first-order chi connectivity index (χ1) is 9.61. The zero-order valence-corrected chi connectivity index (χ0v) is 12.6. The first-order valence-corrected chi connectivity index (χ1v) is 7.30. The first-order valence-electron chi connectivity index (χ1n) is 6.38. The number of rotatable bonds is 5. The molecule has 4 heteroatoms. The highest BCUT2D eigenvalue weighted by atomic mass is 79.9. The Bertz CT molecular complexity index is 555. The number of hydrogen-bond donors (Lipinski definition) is 0. The average molecular weight is 341 g/mol. The van der Waals surface area contributed by atoms with E-state index in [9.17, 15) is 8.78 Å². The molecule has 0 saturated heterocycles. The molecule has 0 bridgehead atoms. The number of ether oxygens (including phenoxy) is 1. The molecular weight excluding hydrogens is 326 g/mol. The van der Waals surface area contributed by atoms with Crippen LogP contribution in [0, 0.1) is 0 Å². The van der Waals surface area contributed by atoms with E-state index in [1.807, 2.05) is 30.3 Å². The molecule has 2 rings (SSSR count). The summed E-state index contributed by atoms with van der Waals surface area (Å²) in [6, 6.07) is 14.9. The van der Waals surface area contributed by atoms with Crippen LogP contribution < -0.4 is 4.74 Å². The second-order valence-electron chi connectivity index (χ2n) is 4.37. The third-order valence-corrected chi connectivity index (χ3v) is 4.11. The van der Waals surface area contributed by atoms with Crippen LogP contribution in [0.4, 0.5) is 8.78 Å². The van der Waals surface area contributed by atoms with Gasteiger partial charge in [-0.1, -0.05) is 65.3 Å². The topological polar surface area (TPSA) is 9.23 Å². The van der Waals surface area contributed by atoms with Crippen LogP contribution in [0.25, 0.3) is 0 Å². The van der Waals surface area contributed by atoms with Crippen molar-refractivity contribution in [3.8, 4) is 5.75 Å². The number of benzene rings is 2. The molecule has 2 aromatic carbocycles. The summed E-state index contributed by atoms with van der Waals surface area (Å²) < 4.78 is 29.4. The molecule has 0 aliphatic carbocycles. The third kappa shape index (κ3) is 3.57. The summed E-state index contributed by atoms with van der Waals surface area (Å²) in [6.07, 6.45) is 0.971. The Labute approximate surface area is 125 Å². The van der Waals surface area contributed by atoms with Gasteiger partial charge in [0.25, 0.3) is 0 Å². The van der Waals surface area contributed by atoms with Crippen molar-refractivity contribution in [3.63, 3.8) is 0 Å².